The van der Waals surface area contributed by atoms with Crippen molar-refractivity contribution in [1.82, 2.24) is 16.0 Å². The first-order valence-corrected chi connectivity index (χ1v) is 11.0. The number of guanidine groups is 1. The number of rotatable bonds is 12. The zero-order valence-electron chi connectivity index (χ0n) is 20.4. The van der Waals surface area contributed by atoms with E-state index in [4.69, 9.17) is 14.2 Å². The van der Waals surface area contributed by atoms with Crippen molar-refractivity contribution in [3.05, 3.63) is 29.3 Å². The molecule has 0 aliphatic heterocycles. The Morgan fingerprint density at radius 2 is 1.78 bits per heavy atom. The van der Waals surface area contributed by atoms with Crippen LogP contribution in [0.5, 0.6) is 5.75 Å². The molecule has 0 spiro atoms. The van der Waals surface area contributed by atoms with Gasteiger partial charge in [0.1, 0.15) is 18.0 Å². The third-order valence-electron chi connectivity index (χ3n) is 3.98. The topological polar surface area (TPSA) is 93.2 Å². The third kappa shape index (κ3) is 14.3. The average molecular weight is 565 g/mol. The first kappa shape index (κ1) is 30.2. The number of nitrogens with one attached hydrogen (secondary N) is 3. The van der Waals surface area contributed by atoms with Gasteiger partial charge in [-0.2, -0.15) is 0 Å². The highest BCUT2D eigenvalue weighted by Crippen LogP contribution is 2.21. The Kier molecular flexibility index (Phi) is 15.9. The second-order valence-electron chi connectivity index (χ2n) is 8.06. The lowest BCUT2D eigenvalue weighted by Crippen LogP contribution is -2.39. The number of hydrogen-bond donors (Lipinski definition) is 3. The van der Waals surface area contributed by atoms with Gasteiger partial charge in [-0.3, -0.25) is 0 Å². The molecule has 0 aliphatic carbocycles. The summed E-state index contributed by atoms with van der Waals surface area (Å²) in [6.07, 6.45) is 0.351. The summed E-state index contributed by atoms with van der Waals surface area (Å²) in [5, 5.41) is 9.29. The summed E-state index contributed by atoms with van der Waals surface area (Å²) in [6.45, 7) is 15.8. The van der Waals surface area contributed by atoms with Gasteiger partial charge in [0.15, 0.2) is 5.96 Å². The predicted molar refractivity (Wildman–Crippen MR) is 140 cm³/mol. The van der Waals surface area contributed by atoms with Gasteiger partial charge in [0.2, 0.25) is 0 Å². The molecular weight excluding hydrogens is 523 g/mol. The fraction of sp³-hybridized carbons (Fsp3) is 0.652. The quantitative estimate of drug-likeness (QED) is 0.154. The molecule has 184 valence electrons. The number of hydrogen-bond acceptors (Lipinski definition) is 5. The van der Waals surface area contributed by atoms with Gasteiger partial charge in [-0.15, -0.1) is 24.0 Å². The van der Waals surface area contributed by atoms with Crippen LogP contribution < -0.4 is 20.7 Å². The number of carbonyl (C=O) groups excluding carboxylic acids is 1. The maximum absolute atomic E-state index is 11.7. The lowest BCUT2D eigenvalue weighted by atomic mass is 10.1. The summed E-state index contributed by atoms with van der Waals surface area (Å²) in [5.74, 6) is 1.56. The second kappa shape index (κ2) is 16.8. The van der Waals surface area contributed by atoms with E-state index in [0.29, 0.717) is 39.5 Å². The van der Waals surface area contributed by atoms with Crippen molar-refractivity contribution in [1.29, 1.82) is 0 Å². The minimum Gasteiger partial charge on any atom is -0.491 e. The minimum absolute atomic E-state index is 0. The van der Waals surface area contributed by atoms with Crippen LogP contribution in [0.2, 0.25) is 0 Å². The van der Waals surface area contributed by atoms with Crippen molar-refractivity contribution in [2.75, 3.05) is 39.5 Å². The van der Waals surface area contributed by atoms with Crippen LogP contribution in [-0.4, -0.2) is 57.1 Å². The van der Waals surface area contributed by atoms with E-state index >= 15 is 0 Å². The van der Waals surface area contributed by atoms with Gasteiger partial charge in [0, 0.05) is 31.8 Å². The highest BCUT2D eigenvalue weighted by molar-refractivity contribution is 14.0. The van der Waals surface area contributed by atoms with Crippen LogP contribution in [-0.2, 0) is 16.0 Å². The summed E-state index contributed by atoms with van der Waals surface area (Å²) in [5.41, 5.74) is 1.67. The molecule has 0 atom stereocenters. The molecule has 8 nitrogen and oxygen atoms in total. The molecule has 0 saturated heterocycles. The summed E-state index contributed by atoms with van der Waals surface area (Å²) >= 11 is 0. The molecule has 1 amide bonds. The number of carbonyl (C=O) groups is 1. The Morgan fingerprint density at radius 1 is 1.06 bits per heavy atom. The highest BCUT2D eigenvalue weighted by Gasteiger charge is 2.15. The first-order valence-electron chi connectivity index (χ1n) is 11.0. The standard InChI is InChI=1S/C23H40N4O4.HI/c1-7-24-21(25-12-9-13-26-22(28)31-23(4,5)6)27-17-19-11-10-18(3)16-20(19)30-15-14-29-8-2;/h10-11,16H,7-9,12-15,17H2,1-6H3,(H,26,28)(H2,24,25,27);1H. The summed E-state index contributed by atoms with van der Waals surface area (Å²) in [7, 11) is 0. The normalized spacial score (nSPS) is 11.4. The monoisotopic (exact) mass is 564 g/mol. The molecule has 0 aromatic heterocycles. The molecule has 0 unspecified atom stereocenters. The smallest absolute Gasteiger partial charge is 0.407 e. The lowest BCUT2D eigenvalue weighted by molar-refractivity contribution is 0.0527. The van der Waals surface area contributed by atoms with Crippen LogP contribution in [0.1, 0.15) is 52.2 Å². The number of benzene rings is 1. The third-order valence-corrected chi connectivity index (χ3v) is 3.98. The van der Waals surface area contributed by atoms with E-state index in [-0.39, 0.29) is 24.0 Å². The van der Waals surface area contributed by atoms with Gasteiger partial charge < -0.3 is 30.2 Å². The van der Waals surface area contributed by atoms with E-state index in [2.05, 4.69) is 27.0 Å². The van der Waals surface area contributed by atoms with E-state index in [9.17, 15) is 4.79 Å². The molecule has 0 saturated carbocycles. The molecule has 9 heteroatoms. The van der Waals surface area contributed by atoms with Gasteiger partial charge in [0.05, 0.1) is 13.2 Å². The Hall–Kier alpha value is -1.75. The van der Waals surface area contributed by atoms with E-state index in [1.54, 1.807) is 0 Å². The maximum Gasteiger partial charge on any atom is 0.407 e. The number of aliphatic imine (C=N–C) groups is 1. The van der Waals surface area contributed by atoms with E-state index < -0.39 is 11.7 Å². The van der Waals surface area contributed by atoms with Crippen LogP contribution in [0, 0.1) is 6.92 Å². The van der Waals surface area contributed by atoms with E-state index in [1.165, 1.54) is 0 Å². The Labute approximate surface area is 210 Å². The molecule has 1 aromatic rings. The molecule has 0 fully saturated rings. The van der Waals surface area contributed by atoms with Crippen LogP contribution in [0.15, 0.2) is 23.2 Å². The number of nitrogens with zero attached hydrogens (tertiary/aromatic N) is 1. The van der Waals surface area contributed by atoms with Crippen molar-refractivity contribution in [3.63, 3.8) is 0 Å². The SMILES string of the molecule is CCNC(=NCc1ccc(C)cc1OCCOCC)NCCCNC(=O)OC(C)(C)C.I. The number of ether oxygens (including phenoxy) is 3. The summed E-state index contributed by atoms with van der Waals surface area (Å²) in [4.78, 5) is 16.3. The Morgan fingerprint density at radius 3 is 2.44 bits per heavy atom. The van der Waals surface area contributed by atoms with Gasteiger partial charge in [-0.05, 0) is 59.6 Å². The summed E-state index contributed by atoms with van der Waals surface area (Å²) < 4.78 is 16.5. The second-order valence-corrected chi connectivity index (χ2v) is 8.06. The first-order chi connectivity index (χ1) is 14.7. The van der Waals surface area contributed by atoms with Crippen molar-refractivity contribution < 1.29 is 19.0 Å². The van der Waals surface area contributed by atoms with Crippen LogP contribution in [0.3, 0.4) is 0 Å². The predicted octanol–water partition coefficient (Wildman–Crippen LogP) is 4.00. The maximum atomic E-state index is 11.7. The van der Waals surface area contributed by atoms with Gasteiger partial charge >= 0.3 is 6.09 Å². The average Bonchev–Trinajstić information content (AvgIpc) is 2.68. The fourth-order valence-electron chi connectivity index (χ4n) is 2.59. The van der Waals surface area contributed by atoms with Crippen molar-refractivity contribution in [2.45, 2.75) is 60.1 Å². The van der Waals surface area contributed by atoms with Crippen molar-refractivity contribution in [3.8, 4) is 5.75 Å². The zero-order chi connectivity index (χ0) is 23.1. The number of halogens is 1. The fourth-order valence-corrected chi connectivity index (χ4v) is 2.59. The van der Waals surface area contributed by atoms with Gasteiger partial charge in [-0.25, -0.2) is 9.79 Å². The Balaban J connectivity index is 0.00000961. The number of alkyl carbamates (subject to hydrolysis) is 1. The lowest BCUT2D eigenvalue weighted by Gasteiger charge is -2.19. The molecule has 3 N–H and O–H groups in total. The molecule has 0 heterocycles. The number of amides is 1. The van der Waals surface area contributed by atoms with Crippen molar-refractivity contribution in [2.24, 2.45) is 4.99 Å². The van der Waals surface area contributed by atoms with Crippen LogP contribution in [0.4, 0.5) is 4.79 Å². The van der Waals surface area contributed by atoms with Crippen LogP contribution in [0.25, 0.3) is 0 Å². The van der Waals surface area contributed by atoms with Crippen LogP contribution >= 0.6 is 24.0 Å². The Bertz CT molecular complexity index is 693. The molecular formula is C23H41IN4O4. The largest absolute Gasteiger partial charge is 0.491 e. The summed E-state index contributed by atoms with van der Waals surface area (Å²) in [6, 6.07) is 6.13. The highest BCUT2D eigenvalue weighted by atomic mass is 127. The molecule has 0 bridgehead atoms. The zero-order valence-corrected chi connectivity index (χ0v) is 22.7. The van der Waals surface area contributed by atoms with Gasteiger partial charge in [-0.1, -0.05) is 12.1 Å². The van der Waals surface area contributed by atoms with Crippen molar-refractivity contribution >= 4 is 36.0 Å². The molecule has 0 radical (unpaired) electrons. The van der Waals surface area contributed by atoms with E-state index in [1.807, 2.05) is 53.7 Å². The molecule has 32 heavy (non-hydrogen) atoms. The number of aryl methyl sites for hydroxylation is 1. The van der Waals surface area contributed by atoms with Gasteiger partial charge in [0.25, 0.3) is 0 Å². The molecule has 0 aliphatic rings. The molecule has 1 aromatic carbocycles. The van der Waals surface area contributed by atoms with E-state index in [0.717, 1.165) is 35.8 Å². The minimum atomic E-state index is -0.491. The molecule has 1 rings (SSSR count).